The Morgan fingerprint density at radius 2 is 0.877 bits per heavy atom. The van der Waals surface area contributed by atoms with Gasteiger partial charge in [-0.25, -0.2) is 36.2 Å². The number of hydrogen-bond donors (Lipinski definition) is 4. The van der Waals surface area contributed by atoms with Crippen LogP contribution in [0.5, 0.6) is 23.0 Å². The lowest BCUT2D eigenvalue weighted by Crippen LogP contribution is -2.47. The molecule has 0 unspecified atom stereocenters. The number of ether oxygens (including phenoxy) is 2. The van der Waals surface area contributed by atoms with Gasteiger partial charge in [-0.15, -0.1) is 26.4 Å². The number of piperazine rings is 2. The summed E-state index contributed by atoms with van der Waals surface area (Å²) in [6.07, 6.45) is 27.0. The number of carbonyl (C=O) groups is 2. The van der Waals surface area contributed by atoms with Gasteiger partial charge in [0, 0.05) is 185 Å². The molecule has 32 heteroatoms. The number of nitrogens with one attached hydrogen (secondary N) is 4. The van der Waals surface area contributed by atoms with Gasteiger partial charge in [0.05, 0.1) is 43.2 Å². The molecule has 0 saturated carbocycles. The maximum atomic E-state index is 14.0. The van der Waals surface area contributed by atoms with Crippen molar-refractivity contribution >= 4 is 137 Å². The highest BCUT2D eigenvalue weighted by atomic mass is 35.5. The molecule has 4 N–H and O–H groups in total. The molecule has 2 amide bonds. The van der Waals surface area contributed by atoms with Crippen LogP contribution in [-0.2, 0) is 32.9 Å². The second-order valence-electron chi connectivity index (χ2n) is 38.4. The molecule has 0 spiro atoms. The number of anilines is 2. The van der Waals surface area contributed by atoms with Gasteiger partial charge in [-0.05, 0) is 219 Å². The summed E-state index contributed by atoms with van der Waals surface area (Å²) in [5, 5.41) is 27.7. The molecule has 0 radical (unpaired) electrons. The summed E-state index contributed by atoms with van der Waals surface area (Å²) in [6.45, 7) is 29.2. The first-order valence-electron chi connectivity index (χ1n) is 44.7. The molecule has 26 nitrogen and oxygen atoms in total. The number of allylic oxidation sites excluding steroid dienone is 2. The Kier molecular flexibility index (Phi) is 29.0. The van der Waals surface area contributed by atoms with E-state index in [9.17, 15) is 46.7 Å². The normalized spacial score (nSPS) is 18.7. The smallest absolute Gasteiger partial charge is 0.273 e. The number of benzene rings is 6. The van der Waals surface area contributed by atoms with Crippen LogP contribution in [0.2, 0.25) is 10.0 Å². The number of nitrogens with zero attached hydrogens (tertiary/aromatic N) is 10. The standard InChI is InChI=1S/2C49H59ClN7O6PS/c2*1-34(32-55-22-24-64(4,5)25-23-55)26-36-8-12-42(29-45(36)57(59)60)65(61,62)53-48(58)43-13-11-40(28-46(43)63-41-27-37-15-17-51-47(37)52-31-41)56-20-18-54(19-21-56)33-38-14-16-49(2,3)30-44(38)35-6-9-39(50)10-7-35/h2*6-13,15,17,27-29,31,34H,4,14,16,18-26,30,32-33H2,1-3,5H3,(H,51,52)(H,53,58)/t2*34-/m10/s1. The second-order valence-corrected chi connectivity index (χ2v) is 50.9. The Labute approximate surface area is 772 Å². The largest absolute Gasteiger partial charge is 0.455 e. The van der Waals surface area contributed by atoms with Crippen molar-refractivity contribution in [2.45, 2.75) is 103 Å². The molecule has 130 heavy (non-hydrogen) atoms. The number of aromatic amines is 2. The lowest BCUT2D eigenvalue weighted by atomic mass is 9.72. The number of pyridine rings is 2. The van der Waals surface area contributed by atoms with E-state index in [-0.39, 0.29) is 66.5 Å². The Hall–Kier alpha value is -9.96. The Balaban J connectivity index is 0.000000199. The number of fused-ring (bicyclic) bond motifs is 2. The van der Waals surface area contributed by atoms with Crippen molar-refractivity contribution in [2.24, 2.45) is 22.7 Å². The first kappa shape index (κ1) is 94.7. The van der Waals surface area contributed by atoms with Gasteiger partial charge in [-0.1, -0.05) is 112 Å². The van der Waals surface area contributed by atoms with Crippen LogP contribution in [0.4, 0.5) is 22.7 Å². The number of halogens is 2. The average Bonchev–Trinajstić information content (AvgIpc) is 1.01. The zero-order valence-electron chi connectivity index (χ0n) is 75.4. The van der Waals surface area contributed by atoms with E-state index < -0.39 is 55.5 Å². The third-order valence-corrected chi connectivity index (χ3v) is 34.6. The molecule has 688 valence electrons. The van der Waals surface area contributed by atoms with E-state index >= 15 is 0 Å². The fourth-order valence-electron chi connectivity index (χ4n) is 18.6. The molecule has 10 aromatic rings. The number of carbonyl (C=O) groups excluding carboxylic acids is 2. The van der Waals surface area contributed by atoms with E-state index in [1.54, 1.807) is 60.9 Å². The quantitative estimate of drug-likeness (QED) is 0.0201. The van der Waals surface area contributed by atoms with Crippen LogP contribution in [0.15, 0.2) is 191 Å². The monoisotopic (exact) mass is 1880 g/mol. The van der Waals surface area contributed by atoms with Crippen molar-refractivity contribution in [3.05, 3.63) is 245 Å². The van der Waals surface area contributed by atoms with Crippen molar-refractivity contribution in [3.8, 4) is 23.0 Å². The van der Waals surface area contributed by atoms with Gasteiger partial charge in [-0.2, -0.15) is 0 Å². The van der Waals surface area contributed by atoms with Gasteiger partial charge in [0.15, 0.2) is 0 Å². The Morgan fingerprint density at radius 1 is 0.508 bits per heavy atom. The Morgan fingerprint density at radius 3 is 1.24 bits per heavy atom. The number of aromatic nitrogens is 4. The van der Waals surface area contributed by atoms with Crippen molar-refractivity contribution < 1.29 is 45.7 Å². The van der Waals surface area contributed by atoms with E-state index in [4.69, 9.17) is 32.7 Å². The lowest BCUT2D eigenvalue weighted by molar-refractivity contribution is -0.386. The zero-order chi connectivity index (χ0) is 92.2. The highest BCUT2D eigenvalue weighted by Gasteiger charge is 2.36. The van der Waals surface area contributed by atoms with Gasteiger partial charge in [0.2, 0.25) is 0 Å². The summed E-state index contributed by atoms with van der Waals surface area (Å²) in [7, 11) is -9.09. The van der Waals surface area contributed by atoms with E-state index in [2.05, 4.69) is 151 Å². The molecule has 16 rings (SSSR count). The minimum Gasteiger partial charge on any atom is -0.455 e. The highest BCUT2D eigenvalue weighted by molar-refractivity contribution is 7.90. The number of nitro groups is 2. The number of hydrogen-bond acceptors (Lipinski definition) is 20. The molecule has 2 atom stereocenters. The fraction of sp³-hybridized carbons (Fsp3) is 0.408. The van der Waals surface area contributed by atoms with E-state index in [1.165, 1.54) is 70.1 Å². The van der Waals surface area contributed by atoms with E-state index in [0.29, 0.717) is 46.8 Å². The molecule has 2 aliphatic carbocycles. The first-order chi connectivity index (χ1) is 61.8. The summed E-state index contributed by atoms with van der Waals surface area (Å²) in [5.41, 5.74) is 11.9. The second kappa shape index (κ2) is 39.8. The van der Waals surface area contributed by atoms with Crippen LogP contribution in [0, 0.1) is 42.9 Å². The molecule has 4 fully saturated rings. The van der Waals surface area contributed by atoms with E-state index in [1.807, 2.05) is 36.4 Å². The maximum Gasteiger partial charge on any atom is 0.273 e. The van der Waals surface area contributed by atoms with Crippen molar-refractivity contribution in [3.63, 3.8) is 0 Å². The van der Waals surface area contributed by atoms with Crippen LogP contribution < -0.4 is 28.7 Å². The first-order valence-corrected chi connectivity index (χ1v) is 54.0. The van der Waals surface area contributed by atoms with Crippen LogP contribution in [0.3, 0.4) is 0 Å². The van der Waals surface area contributed by atoms with Crippen molar-refractivity contribution in [2.75, 3.05) is 152 Å². The topological polar surface area (TPSA) is 308 Å². The predicted molar refractivity (Wildman–Crippen MR) is 528 cm³/mol. The van der Waals surface area contributed by atoms with Crippen molar-refractivity contribution in [1.29, 1.82) is 0 Å². The van der Waals surface area contributed by atoms with Crippen LogP contribution in [-0.4, -0.2) is 233 Å². The van der Waals surface area contributed by atoms with Crippen LogP contribution in [0.25, 0.3) is 33.2 Å². The summed E-state index contributed by atoms with van der Waals surface area (Å²) >= 11 is 12.5. The molecule has 6 aromatic carbocycles. The minimum atomic E-state index is -4.55. The molecule has 4 aromatic heterocycles. The third kappa shape index (κ3) is 23.9. The number of amides is 2. The number of H-pyrrole nitrogens is 2. The van der Waals surface area contributed by atoms with Gasteiger partial charge < -0.3 is 39.0 Å². The van der Waals surface area contributed by atoms with E-state index in [0.717, 1.165) is 212 Å². The average molecular weight is 1880 g/mol. The number of nitro benzene ring substituents is 2. The predicted octanol–water partition coefficient (Wildman–Crippen LogP) is 18.8. The summed E-state index contributed by atoms with van der Waals surface area (Å²) in [6, 6.07) is 41.6. The minimum absolute atomic E-state index is 0.0222. The molecule has 8 heterocycles. The highest BCUT2D eigenvalue weighted by Crippen LogP contribution is 2.48. The van der Waals surface area contributed by atoms with Crippen molar-refractivity contribution in [1.82, 2.24) is 49.0 Å². The van der Waals surface area contributed by atoms with Gasteiger partial charge >= 0.3 is 0 Å². The van der Waals surface area contributed by atoms with Crippen LogP contribution >= 0.6 is 37.0 Å². The molecule has 6 aliphatic rings. The fourth-order valence-corrected chi connectivity index (χ4v) is 24.4. The number of rotatable bonds is 28. The summed E-state index contributed by atoms with van der Waals surface area (Å²) in [4.78, 5) is 80.0. The zero-order valence-corrected chi connectivity index (χ0v) is 80.3. The van der Waals surface area contributed by atoms with Gasteiger partial charge in [0.1, 0.15) is 34.3 Å². The lowest BCUT2D eigenvalue weighted by Gasteiger charge is -2.39. The van der Waals surface area contributed by atoms with Crippen LogP contribution in [0.1, 0.15) is 123 Å². The number of sulfonamides is 2. The Bertz CT molecular complexity index is 5920. The van der Waals surface area contributed by atoms with Gasteiger partial charge in [0.25, 0.3) is 43.2 Å². The molecule has 4 saturated heterocycles. The van der Waals surface area contributed by atoms with Gasteiger partial charge in [-0.3, -0.25) is 39.6 Å². The SMILES string of the molecule is C=P1(C)CCN(C[C@@H](C)Cc2ccc(S(=O)(=O)NC(=O)c3ccc(N4CCN(CC5=C(c6ccc(Cl)cc6)CC(C)(C)CC5)CC4)cc3Oc3cnc4[nH]ccc4c3)cc2[N+](=O)[O-])CC1.C=P1(C)CCN(C[C@H](C)Cc2ccc(S(=O)(=O)NC(=O)c3ccc(N4CCN(CC5=C(c6ccc(Cl)cc6)CC(C)(C)CC5)CC4)cc3Oc3cnc4[nH]ccc4c3)cc2[N+](=O)[O-])CC1. The summed E-state index contributed by atoms with van der Waals surface area (Å²) < 4.78 is 72.3. The molecule has 4 aliphatic heterocycles. The molecule has 0 bridgehead atoms. The molecular weight excluding hydrogens is 1760 g/mol. The third-order valence-electron chi connectivity index (χ3n) is 26.4. The maximum absolute atomic E-state index is 14.0. The molecular formula is C98H118Cl2N14O12P2S2. The summed E-state index contributed by atoms with van der Waals surface area (Å²) in [5.74, 6) is -0.667.